The maximum atomic E-state index is 12.4. The van der Waals surface area contributed by atoms with Gasteiger partial charge in [-0.1, -0.05) is 48.0 Å². The Kier molecular flexibility index (Phi) is 6.80. The summed E-state index contributed by atoms with van der Waals surface area (Å²) in [6.45, 7) is 4.15. The Labute approximate surface area is 156 Å². The molecule has 140 valence electrons. The molecule has 2 aromatic rings. The summed E-state index contributed by atoms with van der Waals surface area (Å²) in [6, 6.07) is 16.2. The minimum atomic E-state index is -3.57. The molecule has 26 heavy (non-hydrogen) atoms. The fourth-order valence-corrected chi connectivity index (χ4v) is 3.97. The van der Waals surface area contributed by atoms with Gasteiger partial charge in [0.1, 0.15) is 6.04 Å². The lowest BCUT2D eigenvalue weighted by atomic mass is 10.1. The maximum absolute atomic E-state index is 12.4. The molecule has 1 atom stereocenters. The largest absolute Gasteiger partial charge is 0.354 e. The van der Waals surface area contributed by atoms with E-state index in [1.165, 1.54) is 11.1 Å². The van der Waals surface area contributed by atoms with Crippen LogP contribution in [0.25, 0.3) is 0 Å². The average molecular weight is 375 g/mol. The Hall–Kier alpha value is -2.34. The van der Waals surface area contributed by atoms with E-state index in [-0.39, 0.29) is 5.91 Å². The zero-order valence-electron chi connectivity index (χ0n) is 15.5. The van der Waals surface area contributed by atoms with E-state index in [2.05, 4.69) is 29.6 Å². The predicted octanol–water partition coefficient (Wildman–Crippen LogP) is 2.90. The maximum Gasteiger partial charge on any atom is 0.243 e. The van der Waals surface area contributed by atoms with Gasteiger partial charge in [0.2, 0.25) is 15.9 Å². The second-order valence-electron chi connectivity index (χ2n) is 6.45. The van der Waals surface area contributed by atoms with Gasteiger partial charge in [0.25, 0.3) is 0 Å². The van der Waals surface area contributed by atoms with E-state index in [0.717, 1.165) is 23.4 Å². The quantitative estimate of drug-likeness (QED) is 0.723. The molecule has 1 amide bonds. The second-order valence-corrected chi connectivity index (χ2v) is 8.31. The summed E-state index contributed by atoms with van der Waals surface area (Å²) in [5, 5.41) is 2.84. The molecular formula is C20H26N2O3S. The molecule has 6 heteroatoms. The Morgan fingerprint density at radius 2 is 1.69 bits per heavy atom. The molecular weight excluding hydrogens is 348 g/mol. The van der Waals surface area contributed by atoms with Crippen molar-refractivity contribution in [1.29, 1.82) is 0 Å². The molecule has 0 aromatic heterocycles. The molecule has 0 bridgehead atoms. The monoisotopic (exact) mass is 374 g/mol. The highest BCUT2D eigenvalue weighted by Gasteiger charge is 2.28. The summed E-state index contributed by atoms with van der Waals surface area (Å²) in [4.78, 5) is 12.4. The van der Waals surface area contributed by atoms with Crippen LogP contribution in [0.4, 0.5) is 5.69 Å². The van der Waals surface area contributed by atoms with Crippen molar-refractivity contribution >= 4 is 21.6 Å². The number of nitrogens with one attached hydrogen (secondary N) is 1. The minimum absolute atomic E-state index is 0.303. The van der Waals surface area contributed by atoms with Crippen molar-refractivity contribution in [2.75, 3.05) is 17.1 Å². The predicted molar refractivity (Wildman–Crippen MR) is 106 cm³/mol. The van der Waals surface area contributed by atoms with Crippen molar-refractivity contribution in [3.63, 3.8) is 0 Å². The molecule has 0 fully saturated rings. The van der Waals surface area contributed by atoms with Crippen LogP contribution in [0.3, 0.4) is 0 Å². The molecule has 0 aliphatic carbocycles. The van der Waals surface area contributed by atoms with Gasteiger partial charge in [-0.2, -0.15) is 0 Å². The highest BCUT2D eigenvalue weighted by molar-refractivity contribution is 7.92. The number of aryl methyl sites for hydroxylation is 2. The van der Waals surface area contributed by atoms with Crippen LogP contribution in [0, 0.1) is 6.92 Å². The average Bonchev–Trinajstić information content (AvgIpc) is 2.60. The van der Waals surface area contributed by atoms with E-state index in [0.29, 0.717) is 12.2 Å². The summed E-state index contributed by atoms with van der Waals surface area (Å²) >= 11 is 0. The first kappa shape index (κ1) is 20.0. The summed E-state index contributed by atoms with van der Waals surface area (Å²) < 4.78 is 25.5. The first-order valence-corrected chi connectivity index (χ1v) is 10.5. The summed E-state index contributed by atoms with van der Waals surface area (Å²) in [7, 11) is -3.57. The Morgan fingerprint density at radius 1 is 1.08 bits per heavy atom. The van der Waals surface area contributed by atoms with Gasteiger partial charge >= 0.3 is 0 Å². The van der Waals surface area contributed by atoms with E-state index >= 15 is 0 Å². The van der Waals surface area contributed by atoms with E-state index in [1.54, 1.807) is 37.3 Å². The van der Waals surface area contributed by atoms with Crippen LogP contribution in [0.5, 0.6) is 0 Å². The Balaban J connectivity index is 1.93. The topological polar surface area (TPSA) is 66.5 Å². The lowest BCUT2D eigenvalue weighted by molar-refractivity contribution is -0.121. The van der Waals surface area contributed by atoms with E-state index in [1.807, 2.05) is 6.92 Å². The van der Waals surface area contributed by atoms with Gasteiger partial charge in [0.05, 0.1) is 11.9 Å². The van der Waals surface area contributed by atoms with Crippen LogP contribution < -0.4 is 9.62 Å². The molecule has 0 heterocycles. The molecule has 0 aliphatic heterocycles. The first-order valence-electron chi connectivity index (χ1n) is 8.67. The molecule has 0 aliphatic rings. The number of anilines is 1. The third-order valence-electron chi connectivity index (χ3n) is 4.16. The van der Waals surface area contributed by atoms with Crippen LogP contribution in [-0.4, -0.2) is 33.2 Å². The van der Waals surface area contributed by atoms with Gasteiger partial charge in [0.15, 0.2) is 0 Å². The number of rotatable bonds is 8. The van der Waals surface area contributed by atoms with Crippen molar-refractivity contribution in [3.05, 3.63) is 65.7 Å². The van der Waals surface area contributed by atoms with Gasteiger partial charge in [-0.3, -0.25) is 9.10 Å². The van der Waals surface area contributed by atoms with E-state index in [9.17, 15) is 13.2 Å². The third-order valence-corrected chi connectivity index (χ3v) is 5.40. The fraction of sp³-hybridized carbons (Fsp3) is 0.350. The number of benzene rings is 2. The number of hydrogen-bond donors (Lipinski definition) is 1. The smallest absolute Gasteiger partial charge is 0.243 e. The van der Waals surface area contributed by atoms with Gasteiger partial charge in [-0.15, -0.1) is 0 Å². The van der Waals surface area contributed by atoms with E-state index in [4.69, 9.17) is 0 Å². The molecule has 0 saturated carbocycles. The third kappa shape index (κ3) is 5.59. The Morgan fingerprint density at radius 3 is 2.27 bits per heavy atom. The number of carbonyl (C=O) groups is 1. The standard InChI is InChI=1S/C20H26N2O3S/c1-16-11-13-18(14-12-16)8-7-15-21-20(23)17(2)22(26(3,24)25)19-9-5-4-6-10-19/h4-6,9-14,17H,7-8,15H2,1-3H3,(H,21,23)/t17-/m0/s1. The molecule has 5 nitrogen and oxygen atoms in total. The lowest BCUT2D eigenvalue weighted by Gasteiger charge is -2.28. The normalized spacial score (nSPS) is 12.4. The zero-order chi connectivity index (χ0) is 19.2. The molecule has 0 unspecified atom stereocenters. The van der Waals surface area contributed by atoms with Gasteiger partial charge in [-0.05, 0) is 44.4 Å². The van der Waals surface area contributed by atoms with Crippen LogP contribution in [0.1, 0.15) is 24.5 Å². The number of amides is 1. The van der Waals surface area contributed by atoms with Crippen molar-refractivity contribution < 1.29 is 13.2 Å². The van der Waals surface area contributed by atoms with Crippen LogP contribution in [0.2, 0.25) is 0 Å². The van der Waals surface area contributed by atoms with Gasteiger partial charge in [0, 0.05) is 6.54 Å². The summed E-state index contributed by atoms with van der Waals surface area (Å²) in [5.74, 6) is -0.303. The molecule has 2 rings (SSSR count). The highest BCUT2D eigenvalue weighted by Crippen LogP contribution is 2.20. The number of hydrogen-bond acceptors (Lipinski definition) is 3. The molecule has 0 saturated heterocycles. The van der Waals surface area contributed by atoms with Crippen molar-refractivity contribution in [1.82, 2.24) is 5.32 Å². The molecule has 2 aromatic carbocycles. The summed E-state index contributed by atoms with van der Waals surface area (Å²) in [5.41, 5.74) is 2.93. The first-order chi connectivity index (χ1) is 12.3. The lowest BCUT2D eigenvalue weighted by Crippen LogP contribution is -2.48. The van der Waals surface area contributed by atoms with Gasteiger partial charge in [-0.25, -0.2) is 8.42 Å². The SMILES string of the molecule is Cc1ccc(CCCNC(=O)[C@H](C)N(c2ccccc2)S(C)(=O)=O)cc1. The number of nitrogens with zero attached hydrogens (tertiary/aromatic N) is 1. The highest BCUT2D eigenvalue weighted by atomic mass is 32.2. The molecule has 0 radical (unpaired) electrons. The molecule has 1 N–H and O–H groups in total. The second kappa shape index (κ2) is 8.85. The zero-order valence-corrected chi connectivity index (χ0v) is 16.3. The van der Waals surface area contributed by atoms with Crippen molar-refractivity contribution in [3.8, 4) is 0 Å². The fourth-order valence-electron chi connectivity index (χ4n) is 2.79. The number of sulfonamides is 1. The molecule has 0 spiro atoms. The number of carbonyl (C=O) groups excluding carboxylic acids is 1. The minimum Gasteiger partial charge on any atom is -0.354 e. The van der Waals surface area contributed by atoms with Crippen LogP contribution >= 0.6 is 0 Å². The van der Waals surface area contributed by atoms with E-state index < -0.39 is 16.1 Å². The number of para-hydroxylation sites is 1. The van der Waals surface area contributed by atoms with Crippen LogP contribution in [0.15, 0.2) is 54.6 Å². The van der Waals surface area contributed by atoms with Crippen molar-refractivity contribution in [2.24, 2.45) is 0 Å². The Bertz CT molecular complexity index is 818. The summed E-state index contributed by atoms with van der Waals surface area (Å²) in [6.07, 6.45) is 2.77. The van der Waals surface area contributed by atoms with Gasteiger partial charge < -0.3 is 5.32 Å². The van der Waals surface area contributed by atoms with Crippen LogP contribution in [-0.2, 0) is 21.2 Å². The van der Waals surface area contributed by atoms with Crippen molar-refractivity contribution in [2.45, 2.75) is 32.7 Å².